The van der Waals surface area contributed by atoms with E-state index in [1.165, 1.54) is 17.6 Å². The van der Waals surface area contributed by atoms with Gasteiger partial charge in [-0.25, -0.2) is 19.0 Å². The molecule has 70 heavy (non-hydrogen) atoms. The quantitative estimate of drug-likeness (QED) is 0.0367. The number of hydrogen-bond acceptors (Lipinski definition) is 13. The van der Waals surface area contributed by atoms with Crippen molar-refractivity contribution >= 4 is 68.2 Å². The van der Waals surface area contributed by atoms with Crippen molar-refractivity contribution in [1.29, 1.82) is 0 Å². The van der Waals surface area contributed by atoms with Crippen LogP contribution in [0.1, 0.15) is 91.9 Å². The molecule has 374 valence electrons. The van der Waals surface area contributed by atoms with Crippen molar-refractivity contribution in [3.63, 3.8) is 0 Å². The molecule has 2 aromatic carbocycles. The molecule has 19 nitrogen and oxygen atoms in total. The first kappa shape index (κ1) is 51.6. The number of nitrogens with zero attached hydrogens (tertiary/aromatic N) is 2. The fourth-order valence-electron chi connectivity index (χ4n) is 8.91. The minimum Gasteiger partial charge on any atom is -0.458 e. The number of alkyl carbamates (subject to hydrolysis) is 1. The van der Waals surface area contributed by atoms with Crippen LogP contribution >= 0.6 is 15.9 Å². The fourth-order valence-corrected chi connectivity index (χ4v) is 9.11. The molecule has 2 aromatic heterocycles. The first-order valence-corrected chi connectivity index (χ1v) is 24.3. The summed E-state index contributed by atoms with van der Waals surface area (Å²) >= 11 is 3.06. The monoisotopic (exact) mass is 1030 g/mol. The number of esters is 1. The Balaban J connectivity index is 0.926. The molecule has 1 aliphatic carbocycles. The van der Waals surface area contributed by atoms with Gasteiger partial charge in [-0.05, 0) is 79.5 Å². The number of pyridine rings is 2. The Morgan fingerprint density at radius 3 is 2.40 bits per heavy atom. The number of amides is 5. The lowest BCUT2D eigenvalue weighted by Crippen LogP contribution is -2.53. The van der Waals surface area contributed by atoms with Crippen LogP contribution in [0, 0.1) is 18.7 Å². The van der Waals surface area contributed by atoms with E-state index in [2.05, 4.69) is 42.5 Å². The Bertz CT molecular complexity index is 2770. The number of anilines is 1. The molecule has 5 amide bonds. The van der Waals surface area contributed by atoms with E-state index >= 15 is 4.39 Å². The van der Waals surface area contributed by atoms with Gasteiger partial charge in [0.05, 0.1) is 66.8 Å². The van der Waals surface area contributed by atoms with Crippen LogP contribution in [-0.4, -0.2) is 101 Å². The van der Waals surface area contributed by atoms with Gasteiger partial charge in [-0.3, -0.25) is 24.0 Å². The molecule has 7 rings (SSSR count). The van der Waals surface area contributed by atoms with Crippen LogP contribution in [0.4, 0.5) is 14.9 Å². The molecule has 0 bridgehead atoms. The number of aliphatic hydroxyl groups is 1. The predicted molar refractivity (Wildman–Crippen MR) is 256 cm³/mol. The summed E-state index contributed by atoms with van der Waals surface area (Å²) in [7, 11) is 0. The number of carbonyl (C=O) groups excluding carboxylic acids is 6. The second-order valence-electron chi connectivity index (χ2n) is 17.8. The number of aromatic nitrogens is 2. The van der Waals surface area contributed by atoms with Crippen LogP contribution in [-0.2, 0) is 74.7 Å². The summed E-state index contributed by atoms with van der Waals surface area (Å²) in [6.07, 6.45) is 0.0838. The van der Waals surface area contributed by atoms with Crippen molar-refractivity contribution < 1.29 is 57.2 Å². The van der Waals surface area contributed by atoms with E-state index in [1.807, 2.05) is 0 Å². The summed E-state index contributed by atoms with van der Waals surface area (Å²) < 4.78 is 38.6. The maximum absolute atomic E-state index is 15.4. The van der Waals surface area contributed by atoms with Crippen LogP contribution in [0.25, 0.3) is 22.3 Å². The lowest BCUT2D eigenvalue weighted by atomic mass is 9.81. The highest BCUT2D eigenvalue weighted by atomic mass is 79.9. The molecule has 4 heterocycles. The smallest absolute Gasteiger partial charge is 0.407 e. The molecule has 3 aliphatic rings. The standard InChI is InChI=1S/C49H57BrFN7O12/c1-6-49(66)33-19-37-43-31(22-58(37)46(63)32(33)24-69-47(49)64)41-35(12-11-30-26(4)34(51)20-36(55-43)40(30)41)56-48(65)70-23-28-7-9-29(10-8-28)54-44(61)27(5)53-45(62)42(25(2)3)57-38(59)13-15-67-17-18-68-16-14-52-39(60)21-50/h7-10,19-20,25,27,35,42,66H,6,11-18,21-24H2,1-5H3,(H,52,60)(H,53,62)(H,54,61)(H,56,65)(H,57,59)/t27-,35?,42-,49-/m0/s1. The largest absolute Gasteiger partial charge is 0.458 e. The van der Waals surface area contributed by atoms with Crippen molar-refractivity contribution in [1.82, 2.24) is 30.8 Å². The Kier molecular flexibility index (Phi) is 16.4. The number of benzene rings is 2. The second-order valence-corrected chi connectivity index (χ2v) is 18.3. The van der Waals surface area contributed by atoms with E-state index < -0.39 is 64.9 Å². The molecule has 0 radical (unpaired) electrons. The van der Waals surface area contributed by atoms with Crippen LogP contribution < -0.4 is 32.1 Å². The highest BCUT2D eigenvalue weighted by molar-refractivity contribution is 9.09. The molecule has 1 unspecified atom stereocenters. The number of fused-ring (bicyclic) bond motifs is 5. The average molecular weight is 1030 g/mol. The van der Waals surface area contributed by atoms with Gasteiger partial charge in [-0.15, -0.1) is 0 Å². The number of aryl methyl sites for hydroxylation is 1. The number of rotatable bonds is 20. The first-order chi connectivity index (χ1) is 33.4. The second kappa shape index (κ2) is 22.2. The summed E-state index contributed by atoms with van der Waals surface area (Å²) in [4.78, 5) is 95.2. The van der Waals surface area contributed by atoms with Gasteiger partial charge in [-0.2, -0.15) is 0 Å². The highest BCUT2D eigenvalue weighted by Gasteiger charge is 2.46. The van der Waals surface area contributed by atoms with Crippen LogP contribution in [0.15, 0.2) is 41.2 Å². The highest BCUT2D eigenvalue weighted by Crippen LogP contribution is 2.46. The summed E-state index contributed by atoms with van der Waals surface area (Å²) in [6.45, 7) is 9.37. The Morgan fingerprint density at radius 1 is 0.971 bits per heavy atom. The third-order valence-electron chi connectivity index (χ3n) is 12.8. The van der Waals surface area contributed by atoms with Crippen LogP contribution in [0.5, 0.6) is 0 Å². The van der Waals surface area contributed by atoms with Gasteiger partial charge >= 0.3 is 12.1 Å². The molecule has 4 atom stereocenters. The third-order valence-corrected chi connectivity index (χ3v) is 13.3. The van der Waals surface area contributed by atoms with Gasteiger partial charge in [-0.1, -0.05) is 48.8 Å². The van der Waals surface area contributed by atoms with E-state index in [-0.39, 0.29) is 80.7 Å². The van der Waals surface area contributed by atoms with Crippen molar-refractivity contribution in [3.8, 4) is 11.4 Å². The predicted octanol–water partition coefficient (Wildman–Crippen LogP) is 3.96. The van der Waals surface area contributed by atoms with Gasteiger partial charge < -0.3 is 55.2 Å². The van der Waals surface area contributed by atoms with E-state index in [4.69, 9.17) is 23.9 Å². The van der Waals surface area contributed by atoms with Gasteiger partial charge in [0.1, 0.15) is 31.1 Å². The zero-order valence-electron chi connectivity index (χ0n) is 39.6. The SMILES string of the molecule is CC[C@@]1(O)C(=O)OCc2c1cc1n(c2=O)Cc2c-1nc1cc(F)c(C)c3c1c2C(NC(=O)OCc1ccc(NC(=O)[C@H](C)NC(=O)[C@@H](NC(=O)CCOCCOCCNC(=O)CBr)C(C)C)cc1)CC3. The molecule has 0 spiro atoms. The Morgan fingerprint density at radius 2 is 1.70 bits per heavy atom. The molecule has 0 saturated heterocycles. The third kappa shape index (κ3) is 11.0. The molecular weight excluding hydrogens is 977 g/mol. The fraction of sp³-hybridized carbons (Fsp3) is 0.469. The Labute approximate surface area is 411 Å². The van der Waals surface area contributed by atoms with E-state index in [0.29, 0.717) is 76.2 Å². The average Bonchev–Trinajstić information content (AvgIpc) is 3.71. The topological polar surface area (TPSA) is 255 Å². The molecule has 6 N–H and O–H groups in total. The van der Waals surface area contributed by atoms with E-state index in [0.717, 1.165) is 5.56 Å². The number of halogens is 2. The van der Waals surface area contributed by atoms with Gasteiger partial charge in [0.2, 0.25) is 23.6 Å². The number of hydrogen-bond donors (Lipinski definition) is 6. The van der Waals surface area contributed by atoms with Gasteiger partial charge in [0.25, 0.3) is 5.56 Å². The summed E-state index contributed by atoms with van der Waals surface area (Å²) in [6, 6.07) is 7.03. The number of carbonyl (C=O) groups is 6. The summed E-state index contributed by atoms with van der Waals surface area (Å²) in [5, 5.41) is 26.0. The first-order valence-electron chi connectivity index (χ1n) is 23.2. The number of cyclic esters (lactones) is 1. The molecule has 0 fully saturated rings. The molecule has 2 aliphatic heterocycles. The summed E-state index contributed by atoms with van der Waals surface area (Å²) in [5.41, 5.74) is 2.50. The van der Waals surface area contributed by atoms with Crippen molar-refractivity contribution in [2.75, 3.05) is 43.6 Å². The number of ether oxygens (including phenoxy) is 4. The normalized spacial score (nSPS) is 17.4. The molecule has 21 heteroatoms. The Hall–Kier alpha value is -6.29. The zero-order chi connectivity index (χ0) is 50.4. The van der Waals surface area contributed by atoms with Gasteiger partial charge in [0, 0.05) is 41.2 Å². The minimum atomic E-state index is -2.03. The lowest BCUT2D eigenvalue weighted by molar-refractivity contribution is -0.172. The zero-order valence-corrected chi connectivity index (χ0v) is 41.1. The number of nitrogens with one attached hydrogen (secondary N) is 5. The molecule has 0 saturated carbocycles. The number of alkyl halides is 1. The van der Waals surface area contributed by atoms with E-state index in [9.17, 15) is 38.7 Å². The minimum absolute atomic E-state index is 0.00572. The maximum Gasteiger partial charge on any atom is 0.407 e. The van der Waals surface area contributed by atoms with Gasteiger partial charge in [0.15, 0.2) is 5.60 Å². The summed E-state index contributed by atoms with van der Waals surface area (Å²) in [5.74, 6) is -3.15. The lowest BCUT2D eigenvalue weighted by Gasteiger charge is -2.31. The van der Waals surface area contributed by atoms with Crippen molar-refractivity contribution in [2.24, 2.45) is 5.92 Å². The molecular formula is C49H57BrFN7O12. The van der Waals surface area contributed by atoms with E-state index in [1.54, 1.807) is 58.0 Å². The van der Waals surface area contributed by atoms with Crippen LogP contribution in [0.3, 0.4) is 0 Å². The molecule has 4 aromatic rings. The van der Waals surface area contributed by atoms with Crippen molar-refractivity contribution in [3.05, 3.63) is 91.5 Å². The maximum atomic E-state index is 15.4. The van der Waals surface area contributed by atoms with Crippen molar-refractivity contribution in [2.45, 2.75) is 104 Å². The van der Waals surface area contributed by atoms with Crippen LogP contribution in [0.2, 0.25) is 0 Å².